The third-order valence-corrected chi connectivity index (χ3v) is 2.94. The number of benzene rings is 1. The van der Waals surface area contributed by atoms with Crippen molar-refractivity contribution in [1.82, 2.24) is 5.32 Å². The van der Waals surface area contributed by atoms with Gasteiger partial charge in [-0.1, -0.05) is 12.1 Å². The number of rotatable bonds is 6. The highest BCUT2D eigenvalue weighted by Gasteiger charge is 2.06. The van der Waals surface area contributed by atoms with Crippen molar-refractivity contribution < 1.29 is 9.15 Å². The van der Waals surface area contributed by atoms with Gasteiger partial charge in [-0.3, -0.25) is 0 Å². The number of ether oxygens (including phenoxy) is 1. The predicted octanol–water partition coefficient (Wildman–Crippen LogP) is 3.92. The summed E-state index contributed by atoms with van der Waals surface area (Å²) in [6, 6.07) is 10.5. The zero-order valence-electron chi connectivity index (χ0n) is 11.7. The second-order valence-corrected chi connectivity index (χ2v) is 4.97. The molecule has 3 heteroatoms. The highest BCUT2D eigenvalue weighted by atomic mass is 16.5. The summed E-state index contributed by atoms with van der Waals surface area (Å²) in [6.45, 7) is 7.02. The Morgan fingerprint density at radius 1 is 1.11 bits per heavy atom. The molecule has 0 aliphatic heterocycles. The van der Waals surface area contributed by atoms with Crippen LogP contribution in [0.3, 0.4) is 0 Å². The zero-order chi connectivity index (χ0) is 13.7. The van der Waals surface area contributed by atoms with Gasteiger partial charge in [0.15, 0.2) is 0 Å². The second-order valence-electron chi connectivity index (χ2n) is 4.97. The van der Waals surface area contributed by atoms with Gasteiger partial charge in [-0.15, -0.1) is 0 Å². The first-order valence-corrected chi connectivity index (χ1v) is 6.66. The molecular weight excluding hydrogens is 238 g/mol. The molecule has 0 saturated carbocycles. The van der Waals surface area contributed by atoms with Crippen molar-refractivity contribution in [2.24, 2.45) is 0 Å². The van der Waals surface area contributed by atoms with Crippen LogP contribution >= 0.6 is 0 Å². The lowest BCUT2D eigenvalue weighted by atomic mass is 10.1. The first-order chi connectivity index (χ1) is 9.15. The molecule has 2 rings (SSSR count). The largest absolute Gasteiger partial charge is 0.491 e. The van der Waals surface area contributed by atoms with E-state index in [9.17, 15) is 0 Å². The van der Waals surface area contributed by atoms with Crippen molar-refractivity contribution in [3.8, 4) is 5.75 Å². The Hall–Kier alpha value is -1.74. The lowest BCUT2D eigenvalue weighted by Crippen LogP contribution is -2.17. The minimum Gasteiger partial charge on any atom is -0.491 e. The van der Waals surface area contributed by atoms with Crippen LogP contribution in [0, 0.1) is 0 Å². The molecule has 102 valence electrons. The maximum atomic E-state index is 5.63. The Bertz CT molecular complexity index is 474. The summed E-state index contributed by atoms with van der Waals surface area (Å²) in [5.74, 6) is 0.917. The van der Waals surface area contributed by atoms with E-state index in [0.717, 1.165) is 17.9 Å². The predicted molar refractivity (Wildman–Crippen MR) is 76.2 cm³/mol. The number of hydrogen-bond acceptors (Lipinski definition) is 3. The van der Waals surface area contributed by atoms with E-state index in [-0.39, 0.29) is 6.10 Å². The molecule has 1 heterocycles. The van der Waals surface area contributed by atoms with E-state index in [4.69, 9.17) is 9.15 Å². The summed E-state index contributed by atoms with van der Waals surface area (Å²) in [4.78, 5) is 0. The molecule has 0 amide bonds. The van der Waals surface area contributed by atoms with E-state index in [2.05, 4.69) is 24.4 Å². The summed E-state index contributed by atoms with van der Waals surface area (Å²) in [5.41, 5.74) is 2.41. The van der Waals surface area contributed by atoms with Crippen LogP contribution in [-0.4, -0.2) is 6.10 Å². The number of hydrogen-bond donors (Lipinski definition) is 1. The fourth-order valence-electron chi connectivity index (χ4n) is 1.89. The molecule has 3 nitrogen and oxygen atoms in total. The third kappa shape index (κ3) is 4.14. The lowest BCUT2D eigenvalue weighted by Gasteiger charge is -2.15. The fraction of sp³-hybridized carbons (Fsp3) is 0.375. The molecule has 19 heavy (non-hydrogen) atoms. The molecule has 0 bridgehead atoms. The van der Waals surface area contributed by atoms with Crippen LogP contribution < -0.4 is 10.1 Å². The minimum absolute atomic E-state index is 0.211. The SMILES string of the molecule is CC(C)Oc1ccc(C(C)NCc2ccoc2)cc1. The van der Waals surface area contributed by atoms with Gasteiger partial charge in [-0.25, -0.2) is 0 Å². The molecule has 1 atom stereocenters. The van der Waals surface area contributed by atoms with E-state index >= 15 is 0 Å². The van der Waals surface area contributed by atoms with Gasteiger partial charge in [-0.05, 0) is 44.5 Å². The summed E-state index contributed by atoms with van der Waals surface area (Å²) < 4.78 is 10.7. The Labute approximate surface area is 114 Å². The Morgan fingerprint density at radius 3 is 2.42 bits per heavy atom. The highest BCUT2D eigenvalue weighted by molar-refractivity contribution is 5.29. The molecule has 1 N–H and O–H groups in total. The van der Waals surface area contributed by atoms with E-state index in [0.29, 0.717) is 6.04 Å². The van der Waals surface area contributed by atoms with Crippen molar-refractivity contribution in [2.75, 3.05) is 0 Å². The molecule has 1 aromatic heterocycles. The lowest BCUT2D eigenvalue weighted by molar-refractivity contribution is 0.242. The Kier molecular flexibility index (Phi) is 4.63. The summed E-state index contributed by atoms with van der Waals surface area (Å²) in [6.07, 6.45) is 3.67. The minimum atomic E-state index is 0.211. The van der Waals surface area contributed by atoms with Gasteiger partial charge in [0.05, 0.1) is 18.6 Å². The standard InChI is InChI=1S/C16H21NO2/c1-12(2)19-16-6-4-15(5-7-16)13(3)17-10-14-8-9-18-11-14/h4-9,11-13,17H,10H2,1-3H3. The van der Waals surface area contributed by atoms with Gasteiger partial charge >= 0.3 is 0 Å². The molecule has 0 saturated heterocycles. The molecule has 0 radical (unpaired) electrons. The summed E-state index contributed by atoms with van der Waals surface area (Å²) in [7, 11) is 0. The first-order valence-electron chi connectivity index (χ1n) is 6.66. The van der Waals surface area contributed by atoms with Crippen LogP contribution in [0.4, 0.5) is 0 Å². The van der Waals surface area contributed by atoms with Gasteiger partial charge in [0.25, 0.3) is 0 Å². The molecule has 0 spiro atoms. The zero-order valence-corrected chi connectivity index (χ0v) is 11.7. The van der Waals surface area contributed by atoms with E-state index in [1.807, 2.05) is 32.0 Å². The quantitative estimate of drug-likeness (QED) is 0.854. The third-order valence-electron chi connectivity index (χ3n) is 2.94. The van der Waals surface area contributed by atoms with Crippen LogP contribution in [0.1, 0.15) is 37.9 Å². The molecule has 1 unspecified atom stereocenters. The van der Waals surface area contributed by atoms with Crippen LogP contribution in [0.5, 0.6) is 5.75 Å². The smallest absolute Gasteiger partial charge is 0.119 e. The second kappa shape index (κ2) is 6.43. The number of furan rings is 1. The Balaban J connectivity index is 1.90. The van der Waals surface area contributed by atoms with E-state index in [1.54, 1.807) is 12.5 Å². The molecule has 0 aliphatic rings. The maximum absolute atomic E-state index is 5.63. The molecule has 1 aromatic carbocycles. The van der Waals surface area contributed by atoms with Crippen molar-refractivity contribution >= 4 is 0 Å². The summed E-state index contributed by atoms with van der Waals surface area (Å²) in [5, 5.41) is 3.46. The van der Waals surface area contributed by atoms with Gasteiger partial charge < -0.3 is 14.5 Å². The van der Waals surface area contributed by atoms with Crippen LogP contribution in [0.2, 0.25) is 0 Å². The van der Waals surface area contributed by atoms with Crippen LogP contribution in [-0.2, 0) is 6.54 Å². The first kappa shape index (κ1) is 13.7. The van der Waals surface area contributed by atoms with Crippen molar-refractivity contribution in [3.63, 3.8) is 0 Å². The van der Waals surface area contributed by atoms with Crippen LogP contribution in [0.15, 0.2) is 47.3 Å². The van der Waals surface area contributed by atoms with Crippen molar-refractivity contribution in [1.29, 1.82) is 0 Å². The molecular formula is C16H21NO2. The van der Waals surface area contributed by atoms with E-state index in [1.165, 1.54) is 5.56 Å². The fourth-order valence-corrected chi connectivity index (χ4v) is 1.89. The van der Waals surface area contributed by atoms with Crippen LogP contribution in [0.25, 0.3) is 0 Å². The van der Waals surface area contributed by atoms with Gasteiger partial charge in [0.1, 0.15) is 5.75 Å². The topological polar surface area (TPSA) is 34.4 Å². The normalized spacial score (nSPS) is 12.6. The molecule has 2 aromatic rings. The van der Waals surface area contributed by atoms with Crippen molar-refractivity contribution in [3.05, 3.63) is 54.0 Å². The molecule has 0 fully saturated rings. The highest BCUT2D eigenvalue weighted by Crippen LogP contribution is 2.19. The monoisotopic (exact) mass is 259 g/mol. The van der Waals surface area contributed by atoms with Gasteiger partial charge in [0.2, 0.25) is 0 Å². The average molecular weight is 259 g/mol. The molecule has 0 aliphatic carbocycles. The number of nitrogens with one attached hydrogen (secondary N) is 1. The van der Waals surface area contributed by atoms with Gasteiger partial charge in [0, 0.05) is 18.2 Å². The summed E-state index contributed by atoms with van der Waals surface area (Å²) >= 11 is 0. The Morgan fingerprint density at radius 2 is 1.84 bits per heavy atom. The van der Waals surface area contributed by atoms with Gasteiger partial charge in [-0.2, -0.15) is 0 Å². The van der Waals surface area contributed by atoms with E-state index < -0.39 is 0 Å². The van der Waals surface area contributed by atoms with Crippen molar-refractivity contribution in [2.45, 2.75) is 39.5 Å². The average Bonchev–Trinajstić information content (AvgIpc) is 2.89. The maximum Gasteiger partial charge on any atom is 0.119 e.